The molecule has 2 aliphatic carbocycles. The maximum absolute atomic E-state index is 12.0. The van der Waals surface area contributed by atoms with E-state index in [1.807, 2.05) is 6.07 Å². The van der Waals surface area contributed by atoms with E-state index in [1.165, 1.54) is 11.1 Å². The van der Waals surface area contributed by atoms with E-state index in [9.17, 15) is 9.90 Å². The highest BCUT2D eigenvalue weighted by Gasteiger charge is 2.56. The summed E-state index contributed by atoms with van der Waals surface area (Å²) in [5, 5.41) is 9.84. The number of hydrogen-bond donors (Lipinski definition) is 1. The molecule has 4 atom stereocenters. The molecule has 126 valence electrons. The van der Waals surface area contributed by atoms with E-state index in [2.05, 4.69) is 26.8 Å². The van der Waals surface area contributed by atoms with E-state index in [0.29, 0.717) is 5.92 Å². The predicted molar refractivity (Wildman–Crippen MR) is 90.1 cm³/mol. The van der Waals surface area contributed by atoms with E-state index < -0.39 is 5.97 Å². The van der Waals surface area contributed by atoms with Crippen molar-refractivity contribution in [1.29, 1.82) is 0 Å². The number of carboxylic acid groups (broad SMARTS) is 1. The fraction of sp³-hybridized carbons (Fsp3) is 0.650. The van der Waals surface area contributed by atoms with Crippen molar-refractivity contribution in [2.24, 2.45) is 22.7 Å². The van der Waals surface area contributed by atoms with Gasteiger partial charge in [-0.1, -0.05) is 25.5 Å². The van der Waals surface area contributed by atoms with Crippen molar-refractivity contribution in [3.8, 4) is 0 Å². The highest BCUT2D eigenvalue weighted by Crippen LogP contribution is 2.61. The van der Waals surface area contributed by atoms with Crippen LogP contribution in [-0.4, -0.2) is 11.1 Å². The Morgan fingerprint density at radius 2 is 2.17 bits per heavy atom. The Morgan fingerprint density at radius 1 is 1.39 bits per heavy atom. The number of carbonyl (C=O) groups is 1. The fourth-order valence-corrected chi connectivity index (χ4v) is 5.34. The van der Waals surface area contributed by atoms with Gasteiger partial charge in [0.15, 0.2) is 0 Å². The third-order valence-electron chi connectivity index (χ3n) is 6.95. The van der Waals surface area contributed by atoms with Gasteiger partial charge in [0, 0.05) is 0 Å². The smallest absolute Gasteiger partial charge is 0.307 e. The molecule has 0 radical (unpaired) electrons. The molecule has 2 aliphatic rings. The van der Waals surface area contributed by atoms with Crippen LogP contribution in [0.1, 0.15) is 58.4 Å². The molecule has 1 N–H and O–H groups in total. The Kier molecular flexibility index (Phi) is 4.16. The lowest BCUT2D eigenvalue weighted by Crippen LogP contribution is -2.52. The Labute approximate surface area is 138 Å². The molecule has 1 aromatic heterocycles. The first-order valence-corrected chi connectivity index (χ1v) is 8.79. The molecule has 1 fully saturated rings. The molecule has 0 unspecified atom stereocenters. The number of rotatable bonds is 4. The van der Waals surface area contributed by atoms with Crippen LogP contribution >= 0.6 is 0 Å². The summed E-state index contributed by atoms with van der Waals surface area (Å²) in [6.45, 7) is 6.83. The van der Waals surface area contributed by atoms with E-state index >= 15 is 0 Å². The van der Waals surface area contributed by atoms with Crippen molar-refractivity contribution in [3.63, 3.8) is 0 Å². The van der Waals surface area contributed by atoms with Crippen LogP contribution in [0.15, 0.2) is 34.7 Å². The Morgan fingerprint density at radius 3 is 2.83 bits per heavy atom. The number of allylic oxidation sites excluding steroid dienone is 2. The minimum absolute atomic E-state index is 0.161. The molecule has 1 saturated carbocycles. The monoisotopic (exact) mass is 316 g/mol. The Balaban J connectivity index is 1.93. The molecule has 3 rings (SSSR count). The lowest BCUT2D eigenvalue weighted by Gasteiger charge is -2.57. The van der Waals surface area contributed by atoms with Crippen molar-refractivity contribution >= 4 is 5.97 Å². The summed E-state index contributed by atoms with van der Waals surface area (Å²) in [5.74, 6) is -0.408. The third-order valence-corrected chi connectivity index (χ3v) is 6.95. The van der Waals surface area contributed by atoms with Crippen LogP contribution in [0.4, 0.5) is 0 Å². The number of aliphatic carboxylic acids is 1. The van der Waals surface area contributed by atoms with Gasteiger partial charge < -0.3 is 9.52 Å². The topological polar surface area (TPSA) is 50.4 Å². The van der Waals surface area contributed by atoms with Crippen LogP contribution in [0.25, 0.3) is 0 Å². The van der Waals surface area contributed by atoms with Crippen molar-refractivity contribution < 1.29 is 14.3 Å². The van der Waals surface area contributed by atoms with Crippen LogP contribution in [0.3, 0.4) is 0 Å². The van der Waals surface area contributed by atoms with Crippen molar-refractivity contribution in [1.82, 2.24) is 0 Å². The van der Waals surface area contributed by atoms with Crippen molar-refractivity contribution in [3.05, 3.63) is 35.8 Å². The quantitative estimate of drug-likeness (QED) is 0.788. The number of aryl methyl sites for hydroxylation is 1. The summed E-state index contributed by atoms with van der Waals surface area (Å²) in [4.78, 5) is 12.0. The van der Waals surface area contributed by atoms with E-state index in [-0.39, 0.29) is 16.7 Å². The zero-order valence-electron chi connectivity index (χ0n) is 14.5. The van der Waals surface area contributed by atoms with Gasteiger partial charge in [-0.15, -0.1) is 0 Å². The largest absolute Gasteiger partial charge is 0.481 e. The van der Waals surface area contributed by atoms with Gasteiger partial charge in [-0.05, 0) is 73.8 Å². The summed E-state index contributed by atoms with van der Waals surface area (Å²) in [5.41, 5.74) is 2.64. The summed E-state index contributed by atoms with van der Waals surface area (Å²) >= 11 is 0. The van der Waals surface area contributed by atoms with Crippen LogP contribution < -0.4 is 0 Å². The first-order chi connectivity index (χ1) is 10.9. The second-order valence-corrected chi connectivity index (χ2v) is 8.00. The summed E-state index contributed by atoms with van der Waals surface area (Å²) in [6.07, 6.45) is 11.6. The molecular weight excluding hydrogens is 288 g/mol. The van der Waals surface area contributed by atoms with E-state index in [1.54, 1.807) is 12.5 Å². The maximum Gasteiger partial charge on any atom is 0.307 e. The molecule has 23 heavy (non-hydrogen) atoms. The molecule has 0 aliphatic heterocycles. The molecule has 0 amide bonds. The summed E-state index contributed by atoms with van der Waals surface area (Å²) in [7, 11) is 0. The normalized spacial score (nSPS) is 37.1. The van der Waals surface area contributed by atoms with Crippen LogP contribution in [0.2, 0.25) is 0 Å². The SMILES string of the molecule is CC1=CCC[C@@H]2[C@](C)(CCc3ccoc3)[C@H](C(=O)O)CC[C@@]12C. The zero-order chi connectivity index (χ0) is 16.7. The van der Waals surface area contributed by atoms with Crippen LogP contribution in [0, 0.1) is 22.7 Å². The van der Waals surface area contributed by atoms with E-state index in [0.717, 1.165) is 38.5 Å². The third kappa shape index (κ3) is 2.64. The lowest BCUT2D eigenvalue weighted by molar-refractivity contribution is -0.156. The number of carboxylic acids is 1. The van der Waals surface area contributed by atoms with Crippen LogP contribution in [-0.2, 0) is 11.2 Å². The molecule has 1 heterocycles. The fourth-order valence-electron chi connectivity index (χ4n) is 5.34. The molecule has 0 bridgehead atoms. The minimum Gasteiger partial charge on any atom is -0.481 e. The molecule has 0 spiro atoms. The van der Waals surface area contributed by atoms with Gasteiger partial charge >= 0.3 is 5.97 Å². The van der Waals surface area contributed by atoms with Gasteiger partial charge in [-0.2, -0.15) is 0 Å². The Hall–Kier alpha value is -1.51. The predicted octanol–water partition coefficient (Wildman–Crippen LogP) is 5.08. The summed E-state index contributed by atoms with van der Waals surface area (Å²) in [6, 6.07) is 1.99. The number of fused-ring (bicyclic) bond motifs is 1. The second kappa shape index (κ2) is 5.85. The van der Waals surface area contributed by atoms with Gasteiger partial charge in [0.1, 0.15) is 0 Å². The number of hydrogen-bond acceptors (Lipinski definition) is 2. The Bertz CT molecular complexity index is 600. The van der Waals surface area contributed by atoms with Crippen molar-refractivity contribution in [2.75, 3.05) is 0 Å². The van der Waals surface area contributed by atoms with Crippen LogP contribution in [0.5, 0.6) is 0 Å². The average molecular weight is 316 g/mol. The van der Waals surface area contributed by atoms with E-state index in [4.69, 9.17) is 4.42 Å². The van der Waals surface area contributed by atoms with Crippen molar-refractivity contribution in [2.45, 2.75) is 59.3 Å². The molecule has 1 aromatic rings. The minimum atomic E-state index is -0.617. The molecule has 3 heteroatoms. The summed E-state index contributed by atoms with van der Waals surface area (Å²) < 4.78 is 5.18. The molecule has 0 aromatic carbocycles. The zero-order valence-corrected chi connectivity index (χ0v) is 14.5. The molecular formula is C20H28O3. The van der Waals surface area contributed by atoms with Gasteiger partial charge in [0.05, 0.1) is 18.4 Å². The first kappa shape index (κ1) is 16.4. The van der Waals surface area contributed by atoms with Gasteiger partial charge in [0.2, 0.25) is 0 Å². The highest BCUT2D eigenvalue weighted by molar-refractivity contribution is 5.71. The standard InChI is InChI=1S/C20H28O3/c1-14-5-4-6-17-19(14,2)11-8-16(18(21)22)20(17,3)10-7-15-9-12-23-13-15/h5,9,12-13,16-17H,4,6-8,10-11H2,1-3H3,(H,21,22)/t16-,17-,19-,20+/m0/s1. The molecule has 3 nitrogen and oxygen atoms in total. The highest BCUT2D eigenvalue weighted by atomic mass is 16.4. The second-order valence-electron chi connectivity index (χ2n) is 8.00. The lowest BCUT2D eigenvalue weighted by atomic mass is 9.46. The molecule has 0 saturated heterocycles. The number of furan rings is 1. The van der Waals surface area contributed by atoms with Gasteiger partial charge in [-0.3, -0.25) is 4.79 Å². The first-order valence-electron chi connectivity index (χ1n) is 8.79. The van der Waals surface area contributed by atoms with Gasteiger partial charge in [-0.25, -0.2) is 0 Å². The maximum atomic E-state index is 12.0. The average Bonchev–Trinajstić information content (AvgIpc) is 3.01. The van der Waals surface area contributed by atoms with Gasteiger partial charge in [0.25, 0.3) is 0 Å².